The molecule has 164 valence electrons. The van der Waals surface area contributed by atoms with Crippen LogP contribution >= 0.6 is 0 Å². The van der Waals surface area contributed by atoms with Crippen LogP contribution < -0.4 is 5.32 Å². The molecule has 0 radical (unpaired) electrons. The summed E-state index contributed by atoms with van der Waals surface area (Å²) in [5.74, 6) is -1.43. The van der Waals surface area contributed by atoms with Crippen LogP contribution in [-0.4, -0.2) is 34.7 Å². The Bertz CT molecular complexity index is 1100. The third-order valence-corrected chi connectivity index (χ3v) is 5.51. The molecule has 0 saturated carbocycles. The molecule has 7 heteroatoms. The summed E-state index contributed by atoms with van der Waals surface area (Å²) in [4.78, 5) is 17.4. The summed E-state index contributed by atoms with van der Waals surface area (Å²) in [6.07, 6.45) is 3.47. The van der Waals surface area contributed by atoms with Crippen LogP contribution in [0.15, 0.2) is 42.6 Å². The van der Waals surface area contributed by atoms with E-state index in [4.69, 9.17) is 4.74 Å². The molecule has 0 spiro atoms. The summed E-state index contributed by atoms with van der Waals surface area (Å²) in [5, 5.41) is 4.22. The topological polar surface area (TPSA) is 57.4 Å². The van der Waals surface area contributed by atoms with Crippen LogP contribution in [0.2, 0.25) is 0 Å². The van der Waals surface area contributed by atoms with Crippen LogP contribution in [0.5, 0.6) is 0 Å². The van der Waals surface area contributed by atoms with E-state index in [0.717, 1.165) is 41.6 Å². The molecule has 2 N–H and O–H groups in total. The average molecular weight is 427 g/mol. The van der Waals surface area contributed by atoms with Crippen molar-refractivity contribution in [3.05, 3.63) is 59.8 Å². The number of nitrogens with one attached hydrogen (secondary N) is 2. The maximum Gasteiger partial charge on any atom is 0.410 e. The van der Waals surface area contributed by atoms with Crippen LogP contribution in [0, 0.1) is 11.6 Å². The Morgan fingerprint density at radius 1 is 1.06 bits per heavy atom. The van der Waals surface area contributed by atoms with Crippen LogP contribution in [-0.2, 0) is 4.74 Å². The van der Waals surface area contributed by atoms with E-state index in [1.165, 1.54) is 11.6 Å². The molecule has 1 aromatic heterocycles. The van der Waals surface area contributed by atoms with Gasteiger partial charge in [0.05, 0.1) is 0 Å². The number of piperidine rings is 1. The lowest BCUT2D eigenvalue weighted by atomic mass is 9.89. The third kappa shape index (κ3) is 4.81. The molecule has 2 heterocycles. The van der Waals surface area contributed by atoms with Crippen molar-refractivity contribution >= 4 is 28.4 Å². The first-order valence-corrected chi connectivity index (χ1v) is 10.5. The molecule has 4 rings (SSSR count). The van der Waals surface area contributed by atoms with Gasteiger partial charge in [-0.3, -0.25) is 0 Å². The number of aromatic nitrogens is 1. The molecule has 1 fully saturated rings. The highest BCUT2D eigenvalue weighted by Gasteiger charge is 2.28. The van der Waals surface area contributed by atoms with E-state index in [1.54, 1.807) is 4.90 Å². The molecule has 31 heavy (non-hydrogen) atoms. The van der Waals surface area contributed by atoms with Crippen molar-refractivity contribution in [2.75, 3.05) is 18.4 Å². The molecular weight excluding hydrogens is 400 g/mol. The molecule has 3 aromatic rings. The number of ether oxygens (including phenoxy) is 1. The third-order valence-electron chi connectivity index (χ3n) is 5.51. The number of anilines is 2. The molecule has 1 amide bonds. The predicted octanol–water partition coefficient (Wildman–Crippen LogP) is 6.30. The summed E-state index contributed by atoms with van der Waals surface area (Å²) in [6.45, 7) is 6.92. The van der Waals surface area contributed by atoms with Gasteiger partial charge < -0.3 is 19.9 Å². The molecular formula is C24H27F2N3O2. The number of carbonyl (C=O) groups excluding carboxylic acids is 1. The first-order chi connectivity index (χ1) is 14.7. The highest BCUT2D eigenvalue weighted by Crippen LogP contribution is 2.35. The second kappa shape index (κ2) is 8.21. The van der Waals surface area contributed by atoms with Crippen LogP contribution in [0.1, 0.15) is 45.1 Å². The van der Waals surface area contributed by atoms with Crippen LogP contribution in [0.4, 0.5) is 25.0 Å². The summed E-state index contributed by atoms with van der Waals surface area (Å²) < 4.78 is 32.2. The Hall–Kier alpha value is -3.09. The van der Waals surface area contributed by atoms with Gasteiger partial charge in [-0.2, -0.15) is 0 Å². The zero-order chi connectivity index (χ0) is 22.2. The lowest BCUT2D eigenvalue weighted by molar-refractivity contribution is 0.0205. The van der Waals surface area contributed by atoms with E-state index in [2.05, 4.69) is 10.3 Å². The van der Waals surface area contributed by atoms with Gasteiger partial charge in [0.1, 0.15) is 5.60 Å². The zero-order valence-corrected chi connectivity index (χ0v) is 18.0. The number of nitrogens with zero attached hydrogens (tertiary/aromatic N) is 1. The van der Waals surface area contributed by atoms with Crippen LogP contribution in [0.25, 0.3) is 10.9 Å². The number of benzene rings is 2. The minimum Gasteiger partial charge on any atom is -0.444 e. The predicted molar refractivity (Wildman–Crippen MR) is 118 cm³/mol. The van der Waals surface area contributed by atoms with Gasteiger partial charge in [0, 0.05) is 47.6 Å². The number of amides is 1. The number of aromatic amines is 1. The van der Waals surface area contributed by atoms with Gasteiger partial charge in [-0.1, -0.05) is 0 Å². The van der Waals surface area contributed by atoms with Crippen molar-refractivity contribution < 1.29 is 18.3 Å². The lowest BCUT2D eigenvalue weighted by Crippen LogP contribution is -2.41. The van der Waals surface area contributed by atoms with Crippen molar-refractivity contribution in [3.63, 3.8) is 0 Å². The molecule has 0 aliphatic carbocycles. The average Bonchev–Trinajstić information content (AvgIpc) is 3.13. The normalized spacial score (nSPS) is 15.3. The minimum atomic E-state index is -0.884. The molecule has 0 bridgehead atoms. The van der Waals surface area contributed by atoms with Crippen molar-refractivity contribution in [1.82, 2.24) is 9.88 Å². The first-order valence-electron chi connectivity index (χ1n) is 10.5. The Labute approximate surface area is 180 Å². The summed E-state index contributed by atoms with van der Waals surface area (Å²) in [7, 11) is 0. The number of halogens is 2. The Balaban J connectivity index is 1.48. The highest BCUT2D eigenvalue weighted by atomic mass is 19.2. The summed E-state index contributed by atoms with van der Waals surface area (Å²) in [5.41, 5.74) is 3.00. The SMILES string of the molecule is CC(C)(C)OC(=O)N1CCC(c2c[nH]c3ccc(Nc4ccc(F)c(F)c4)cc23)CC1. The van der Waals surface area contributed by atoms with E-state index < -0.39 is 17.2 Å². The number of fused-ring (bicyclic) bond motifs is 1. The quantitative estimate of drug-likeness (QED) is 0.515. The smallest absolute Gasteiger partial charge is 0.410 e. The van der Waals surface area contributed by atoms with Gasteiger partial charge in [-0.25, -0.2) is 13.6 Å². The van der Waals surface area contributed by atoms with Gasteiger partial charge in [-0.05, 0) is 75.4 Å². The second-order valence-electron chi connectivity index (χ2n) is 9.00. The standard InChI is InChI=1S/C24H27F2N3O2/c1-24(2,3)31-23(30)29-10-8-15(9-11-29)19-14-27-22-7-5-16(12-18(19)22)28-17-4-6-20(25)21(26)13-17/h4-7,12-15,27-28H,8-11H2,1-3H3. The Kier molecular flexibility index (Phi) is 5.60. The number of H-pyrrole nitrogens is 1. The van der Waals surface area contributed by atoms with E-state index in [0.29, 0.717) is 24.7 Å². The molecule has 0 unspecified atom stereocenters. The molecule has 0 atom stereocenters. The van der Waals surface area contributed by atoms with E-state index in [-0.39, 0.29) is 6.09 Å². The maximum absolute atomic E-state index is 13.5. The van der Waals surface area contributed by atoms with Crippen molar-refractivity contribution in [2.45, 2.75) is 45.1 Å². The van der Waals surface area contributed by atoms with E-state index in [9.17, 15) is 13.6 Å². The number of carbonyl (C=O) groups is 1. The Morgan fingerprint density at radius 3 is 2.42 bits per heavy atom. The van der Waals surface area contributed by atoms with Gasteiger partial charge in [0.2, 0.25) is 0 Å². The fourth-order valence-corrected chi connectivity index (χ4v) is 4.00. The Morgan fingerprint density at radius 2 is 1.74 bits per heavy atom. The number of rotatable bonds is 3. The summed E-state index contributed by atoms with van der Waals surface area (Å²) >= 11 is 0. The van der Waals surface area contributed by atoms with Crippen molar-refractivity contribution in [2.24, 2.45) is 0 Å². The largest absolute Gasteiger partial charge is 0.444 e. The van der Waals surface area contributed by atoms with E-state index in [1.807, 2.05) is 45.2 Å². The molecule has 5 nitrogen and oxygen atoms in total. The monoisotopic (exact) mass is 427 g/mol. The lowest BCUT2D eigenvalue weighted by Gasteiger charge is -2.33. The van der Waals surface area contributed by atoms with Gasteiger partial charge >= 0.3 is 6.09 Å². The number of hydrogen-bond donors (Lipinski definition) is 2. The second-order valence-corrected chi connectivity index (χ2v) is 9.00. The van der Waals surface area contributed by atoms with Crippen LogP contribution in [0.3, 0.4) is 0 Å². The first kappa shape index (κ1) is 21.2. The van der Waals surface area contributed by atoms with E-state index >= 15 is 0 Å². The highest BCUT2D eigenvalue weighted by molar-refractivity contribution is 5.87. The number of likely N-dealkylation sites (tertiary alicyclic amines) is 1. The fraction of sp³-hybridized carbons (Fsp3) is 0.375. The fourth-order valence-electron chi connectivity index (χ4n) is 4.00. The summed E-state index contributed by atoms with van der Waals surface area (Å²) in [6, 6.07) is 9.64. The molecule has 1 aliphatic rings. The molecule has 1 saturated heterocycles. The minimum absolute atomic E-state index is 0.261. The maximum atomic E-state index is 13.5. The van der Waals surface area contributed by atoms with Gasteiger partial charge in [-0.15, -0.1) is 0 Å². The molecule has 2 aromatic carbocycles. The molecule has 1 aliphatic heterocycles. The zero-order valence-electron chi connectivity index (χ0n) is 18.0. The van der Waals surface area contributed by atoms with Gasteiger partial charge in [0.25, 0.3) is 0 Å². The van der Waals surface area contributed by atoms with Crippen molar-refractivity contribution in [3.8, 4) is 0 Å². The van der Waals surface area contributed by atoms with Crippen molar-refractivity contribution in [1.29, 1.82) is 0 Å². The number of hydrogen-bond acceptors (Lipinski definition) is 3. The van der Waals surface area contributed by atoms with Gasteiger partial charge in [0.15, 0.2) is 11.6 Å².